The highest BCUT2D eigenvalue weighted by molar-refractivity contribution is 7.13. The highest BCUT2D eigenvalue weighted by Gasteiger charge is 2.16. The molecular weight excluding hydrogens is 462 g/mol. The maximum atomic E-state index is 10.7. The van der Waals surface area contributed by atoms with Crippen LogP contribution < -0.4 is 14.8 Å². The number of rotatable bonds is 6. The summed E-state index contributed by atoms with van der Waals surface area (Å²) in [7, 11) is 0. The first kappa shape index (κ1) is 21.2. The van der Waals surface area contributed by atoms with E-state index in [9.17, 15) is 4.79 Å². The molecule has 0 atom stereocenters. The van der Waals surface area contributed by atoms with Crippen molar-refractivity contribution in [3.05, 3.63) is 65.2 Å². The molecule has 7 nitrogen and oxygen atoms in total. The maximum absolute atomic E-state index is 10.7. The zero-order valence-corrected chi connectivity index (χ0v) is 18.8. The van der Waals surface area contributed by atoms with Gasteiger partial charge in [-0.25, -0.2) is 0 Å². The first-order chi connectivity index (χ1) is 16.1. The normalized spacial score (nSPS) is 12.9. The number of aliphatic imine (C=N–C) groups is 1. The first-order valence-electron chi connectivity index (χ1n) is 10.1. The van der Waals surface area contributed by atoms with Crippen LogP contribution in [0.5, 0.6) is 11.5 Å². The number of hydrogen-bond donors (Lipinski definition) is 2. The highest BCUT2D eigenvalue weighted by Crippen LogP contribution is 2.40. The molecule has 0 unspecified atom stereocenters. The second-order valence-corrected chi connectivity index (χ2v) is 8.48. The molecule has 0 saturated heterocycles. The summed E-state index contributed by atoms with van der Waals surface area (Å²) in [6, 6.07) is 17.3. The Kier molecular flexibility index (Phi) is 5.85. The Labute approximate surface area is 198 Å². The second kappa shape index (κ2) is 9.09. The Morgan fingerprint density at radius 3 is 2.85 bits per heavy atom. The van der Waals surface area contributed by atoms with Crippen LogP contribution in [0.3, 0.4) is 0 Å². The number of nitrogens with one attached hydrogen (secondary N) is 1. The molecule has 4 aromatic rings. The molecule has 1 aliphatic rings. The number of carboxylic acid groups (broad SMARTS) is 1. The lowest BCUT2D eigenvalue weighted by molar-refractivity contribution is -0.135. The average molecular weight is 480 g/mol. The third-order valence-corrected chi connectivity index (χ3v) is 6.30. The summed E-state index contributed by atoms with van der Waals surface area (Å²) in [6.45, 7) is 0.792. The summed E-state index contributed by atoms with van der Waals surface area (Å²) in [5, 5.41) is 13.6. The lowest BCUT2D eigenvalue weighted by Gasteiger charge is -2.19. The van der Waals surface area contributed by atoms with Crippen molar-refractivity contribution in [2.75, 3.05) is 25.1 Å². The smallest absolute Gasteiger partial charge is 0.325 e. The fourth-order valence-corrected chi connectivity index (χ4v) is 4.54. The van der Waals surface area contributed by atoms with Crippen molar-refractivity contribution < 1.29 is 19.4 Å². The van der Waals surface area contributed by atoms with Crippen LogP contribution in [0.15, 0.2) is 59.6 Å². The number of benzene rings is 3. The molecule has 166 valence electrons. The predicted octanol–water partition coefficient (Wildman–Crippen LogP) is 5.64. The highest BCUT2D eigenvalue weighted by atomic mass is 35.5. The van der Waals surface area contributed by atoms with Gasteiger partial charge >= 0.3 is 5.97 Å². The molecule has 0 bridgehead atoms. The molecule has 0 amide bonds. The van der Waals surface area contributed by atoms with Gasteiger partial charge in [0.1, 0.15) is 19.8 Å². The number of ether oxygens (including phenoxy) is 2. The van der Waals surface area contributed by atoms with Gasteiger partial charge < -0.3 is 19.9 Å². The first-order valence-corrected chi connectivity index (χ1v) is 11.3. The second-order valence-electron chi connectivity index (χ2n) is 7.30. The third kappa shape index (κ3) is 4.48. The van der Waals surface area contributed by atoms with Crippen molar-refractivity contribution in [2.24, 2.45) is 4.99 Å². The lowest BCUT2D eigenvalue weighted by atomic mass is 10.0. The van der Waals surface area contributed by atoms with Crippen LogP contribution >= 0.6 is 23.1 Å². The van der Waals surface area contributed by atoms with Gasteiger partial charge in [0.2, 0.25) is 0 Å². The monoisotopic (exact) mass is 479 g/mol. The topological polar surface area (TPSA) is 93.0 Å². The summed E-state index contributed by atoms with van der Waals surface area (Å²) in [5.74, 6) is 1.13. The van der Waals surface area contributed by atoms with E-state index in [0.29, 0.717) is 29.8 Å². The number of fused-ring (bicyclic) bond motifs is 2. The molecule has 1 aromatic heterocycles. The van der Waals surface area contributed by atoms with Gasteiger partial charge in [-0.15, -0.1) is 0 Å². The molecule has 9 heteroatoms. The molecule has 0 radical (unpaired) electrons. The minimum Gasteiger partial charge on any atom is -0.486 e. The van der Waals surface area contributed by atoms with Crippen molar-refractivity contribution in [2.45, 2.75) is 0 Å². The number of carbonyl (C=O) groups is 1. The van der Waals surface area contributed by atoms with Gasteiger partial charge in [-0.05, 0) is 53.0 Å². The van der Waals surface area contributed by atoms with E-state index in [-0.39, 0.29) is 6.54 Å². The number of anilines is 2. The van der Waals surface area contributed by atoms with Crippen LogP contribution in [0.1, 0.15) is 5.56 Å². The van der Waals surface area contributed by atoms with Crippen LogP contribution in [0.25, 0.3) is 21.2 Å². The molecule has 2 heterocycles. The minimum atomic E-state index is -0.973. The van der Waals surface area contributed by atoms with Crippen LogP contribution in [-0.4, -0.2) is 41.4 Å². The molecule has 0 fully saturated rings. The van der Waals surface area contributed by atoms with E-state index in [1.807, 2.05) is 54.6 Å². The summed E-state index contributed by atoms with van der Waals surface area (Å²) >= 11 is 8.16. The van der Waals surface area contributed by atoms with Gasteiger partial charge in [0.25, 0.3) is 0 Å². The van der Waals surface area contributed by atoms with E-state index in [0.717, 1.165) is 38.2 Å². The van der Waals surface area contributed by atoms with Crippen LogP contribution in [-0.2, 0) is 4.79 Å². The number of carboxylic acids is 1. The standard InChI is InChI=1S/C24H18ClN3O4S/c25-23-16(15-5-6-19-20(11-15)32-9-8-31-19)2-1-3-18(23)27-24-17-10-14(12-26-13-22(29)30)4-7-21(17)33-28-24/h1-7,10-12H,8-9,13H2,(H,27,28)(H,29,30). The molecule has 5 rings (SSSR count). The Bertz CT molecular complexity index is 1390. The van der Waals surface area contributed by atoms with Crippen molar-refractivity contribution in [3.8, 4) is 22.6 Å². The number of aliphatic carboxylic acids is 1. The third-order valence-electron chi connectivity index (χ3n) is 5.07. The quantitative estimate of drug-likeness (QED) is 0.348. The Morgan fingerprint density at radius 1 is 1.15 bits per heavy atom. The Hall–Kier alpha value is -3.62. The van der Waals surface area contributed by atoms with Gasteiger partial charge in [0.05, 0.1) is 15.4 Å². The Morgan fingerprint density at radius 2 is 2.00 bits per heavy atom. The van der Waals surface area contributed by atoms with Crippen molar-refractivity contribution in [3.63, 3.8) is 0 Å². The Balaban J connectivity index is 1.45. The van der Waals surface area contributed by atoms with Crippen LogP contribution in [0.2, 0.25) is 5.02 Å². The molecule has 0 saturated carbocycles. The van der Waals surface area contributed by atoms with E-state index in [2.05, 4.69) is 14.7 Å². The fraction of sp³-hybridized carbons (Fsp3) is 0.125. The van der Waals surface area contributed by atoms with Gasteiger partial charge in [-0.3, -0.25) is 9.79 Å². The molecule has 0 aliphatic carbocycles. The lowest BCUT2D eigenvalue weighted by Crippen LogP contribution is -2.15. The van der Waals surface area contributed by atoms with Crippen molar-refractivity contribution in [1.82, 2.24) is 4.37 Å². The predicted molar refractivity (Wildman–Crippen MR) is 131 cm³/mol. The number of hydrogen-bond acceptors (Lipinski definition) is 7. The minimum absolute atomic E-state index is 0.271. The average Bonchev–Trinajstić information content (AvgIpc) is 3.22. The van der Waals surface area contributed by atoms with E-state index < -0.39 is 5.97 Å². The summed E-state index contributed by atoms with van der Waals surface area (Å²) < 4.78 is 16.8. The molecule has 33 heavy (non-hydrogen) atoms. The SMILES string of the molecule is O=C(O)CN=Cc1ccc2snc(Nc3cccc(-c4ccc5c(c4)OCCO5)c3Cl)c2c1. The number of nitrogens with zero attached hydrogens (tertiary/aromatic N) is 2. The largest absolute Gasteiger partial charge is 0.486 e. The molecule has 3 aromatic carbocycles. The van der Waals surface area contributed by atoms with Gasteiger partial charge in [-0.2, -0.15) is 4.37 Å². The fourth-order valence-electron chi connectivity index (χ4n) is 3.55. The number of halogens is 1. The van der Waals surface area contributed by atoms with Crippen molar-refractivity contribution in [1.29, 1.82) is 0 Å². The molecule has 0 spiro atoms. The van der Waals surface area contributed by atoms with Gasteiger partial charge in [0, 0.05) is 17.2 Å². The van der Waals surface area contributed by atoms with Crippen molar-refractivity contribution >= 4 is 56.9 Å². The van der Waals surface area contributed by atoms with Crippen LogP contribution in [0, 0.1) is 0 Å². The van der Waals surface area contributed by atoms with E-state index >= 15 is 0 Å². The van der Waals surface area contributed by atoms with Gasteiger partial charge in [-0.1, -0.05) is 35.9 Å². The maximum Gasteiger partial charge on any atom is 0.325 e. The van der Waals surface area contributed by atoms with Gasteiger partial charge in [0.15, 0.2) is 17.3 Å². The summed E-state index contributed by atoms with van der Waals surface area (Å²) in [5.41, 5.74) is 3.30. The van der Waals surface area contributed by atoms with E-state index in [1.54, 1.807) is 6.21 Å². The summed E-state index contributed by atoms with van der Waals surface area (Å²) in [6.07, 6.45) is 1.55. The van der Waals surface area contributed by atoms with E-state index in [4.69, 9.17) is 26.2 Å². The molecule has 2 N–H and O–H groups in total. The summed E-state index contributed by atoms with van der Waals surface area (Å²) in [4.78, 5) is 14.6. The van der Waals surface area contributed by atoms with Crippen LogP contribution in [0.4, 0.5) is 11.5 Å². The zero-order valence-electron chi connectivity index (χ0n) is 17.2. The van der Waals surface area contributed by atoms with E-state index in [1.165, 1.54) is 11.5 Å². The molecular formula is C24H18ClN3O4S. The molecule has 1 aliphatic heterocycles. The zero-order chi connectivity index (χ0) is 22.8. The number of aromatic nitrogens is 1.